The number of hydrogen-bond acceptors (Lipinski definition) is 4. The van der Waals surface area contributed by atoms with Gasteiger partial charge in [0.05, 0.1) is 24.9 Å². The monoisotopic (exact) mass is 461 g/mol. The molecule has 0 amide bonds. The van der Waals surface area contributed by atoms with Crippen molar-refractivity contribution < 1.29 is 9.47 Å². The molecule has 1 fully saturated rings. The van der Waals surface area contributed by atoms with Gasteiger partial charge >= 0.3 is 0 Å². The highest BCUT2D eigenvalue weighted by Crippen LogP contribution is 2.29. The number of methoxy groups -OCH3 is 2. The number of aryl methyl sites for hydroxylation is 1. The highest BCUT2D eigenvalue weighted by Gasteiger charge is 2.25. The second-order valence-electron chi connectivity index (χ2n) is 8.03. The number of likely N-dealkylation sites (tertiary alicyclic amines) is 1. The van der Waals surface area contributed by atoms with Gasteiger partial charge in [-0.05, 0) is 87.9 Å². The highest BCUT2D eigenvalue weighted by molar-refractivity contribution is 7.80. The van der Waals surface area contributed by atoms with Crippen molar-refractivity contribution in [2.45, 2.75) is 32.2 Å². The van der Waals surface area contributed by atoms with E-state index in [2.05, 4.69) is 28.2 Å². The average Bonchev–Trinajstić information content (AvgIpc) is 2.77. The van der Waals surface area contributed by atoms with E-state index >= 15 is 0 Å². The van der Waals surface area contributed by atoms with Crippen molar-refractivity contribution in [2.75, 3.05) is 46.2 Å². The maximum Gasteiger partial charge on any atom is 0.173 e. The van der Waals surface area contributed by atoms with Crippen LogP contribution in [0.15, 0.2) is 36.4 Å². The van der Waals surface area contributed by atoms with Crippen LogP contribution in [0.4, 0.5) is 5.69 Å². The second kappa shape index (κ2) is 11.0. The van der Waals surface area contributed by atoms with Crippen LogP contribution >= 0.6 is 23.8 Å². The molecular weight excluding hydrogens is 430 g/mol. The topological polar surface area (TPSA) is 37.0 Å². The molecule has 0 bridgehead atoms. The van der Waals surface area contributed by atoms with E-state index < -0.39 is 0 Å². The molecule has 0 saturated carbocycles. The molecule has 1 aliphatic rings. The van der Waals surface area contributed by atoms with Crippen molar-refractivity contribution in [3.8, 4) is 11.5 Å². The molecule has 2 aromatic carbocycles. The van der Waals surface area contributed by atoms with E-state index in [1.54, 1.807) is 14.2 Å². The standard InChI is InChI=1S/C24H32ClN3O2S/c1-17-6-5-7-20(25)23(17)26-24(31)28(19-11-13-27(2)14-12-19)15-10-18-8-9-21(29-3)22(16-18)30-4/h5-9,16,19H,10-15H2,1-4H3,(H,26,31). The lowest BCUT2D eigenvalue weighted by Gasteiger charge is -2.39. The van der Waals surface area contributed by atoms with Crippen LogP contribution in [-0.4, -0.2) is 61.9 Å². The quantitative estimate of drug-likeness (QED) is 0.585. The number of rotatable bonds is 7. The lowest BCUT2D eigenvalue weighted by atomic mass is 10.0. The number of thiocarbonyl (C=S) groups is 1. The summed E-state index contributed by atoms with van der Waals surface area (Å²) in [5.74, 6) is 1.49. The molecule has 7 heteroatoms. The van der Waals surface area contributed by atoms with E-state index in [0.29, 0.717) is 11.1 Å². The maximum atomic E-state index is 6.45. The number of nitrogens with zero attached hydrogens (tertiary/aromatic N) is 2. The van der Waals surface area contributed by atoms with Crippen molar-refractivity contribution in [2.24, 2.45) is 0 Å². The minimum atomic E-state index is 0.402. The van der Waals surface area contributed by atoms with Crippen LogP contribution in [0.2, 0.25) is 5.02 Å². The predicted octanol–water partition coefficient (Wildman–Crippen LogP) is 5.00. The van der Waals surface area contributed by atoms with Crippen molar-refractivity contribution >= 4 is 34.6 Å². The molecule has 0 aromatic heterocycles. The van der Waals surface area contributed by atoms with Gasteiger partial charge in [-0.25, -0.2) is 0 Å². The zero-order valence-corrected chi connectivity index (χ0v) is 20.4. The van der Waals surface area contributed by atoms with E-state index in [1.165, 1.54) is 5.56 Å². The van der Waals surface area contributed by atoms with E-state index in [1.807, 2.05) is 37.3 Å². The third kappa shape index (κ3) is 6.03. The van der Waals surface area contributed by atoms with E-state index in [0.717, 1.165) is 66.8 Å². The molecule has 1 heterocycles. The van der Waals surface area contributed by atoms with Gasteiger partial charge in [-0.15, -0.1) is 0 Å². The molecule has 31 heavy (non-hydrogen) atoms. The minimum absolute atomic E-state index is 0.402. The van der Waals surface area contributed by atoms with Crippen molar-refractivity contribution in [3.63, 3.8) is 0 Å². The molecular formula is C24H32ClN3O2S. The molecule has 0 atom stereocenters. The summed E-state index contributed by atoms with van der Waals surface area (Å²) in [6.07, 6.45) is 3.04. The summed E-state index contributed by atoms with van der Waals surface area (Å²) in [4.78, 5) is 4.71. The van der Waals surface area contributed by atoms with Gasteiger partial charge in [0.15, 0.2) is 16.6 Å². The summed E-state index contributed by atoms with van der Waals surface area (Å²) >= 11 is 12.3. The third-order valence-electron chi connectivity index (χ3n) is 5.93. The molecule has 168 valence electrons. The van der Waals surface area contributed by atoms with Crippen LogP contribution < -0.4 is 14.8 Å². The van der Waals surface area contributed by atoms with E-state index in [4.69, 9.17) is 33.3 Å². The molecule has 1 saturated heterocycles. The molecule has 0 aliphatic carbocycles. The average molecular weight is 462 g/mol. The number of benzene rings is 2. The van der Waals surface area contributed by atoms with Gasteiger partial charge in [0.1, 0.15) is 0 Å². The lowest BCUT2D eigenvalue weighted by Crippen LogP contribution is -2.48. The van der Waals surface area contributed by atoms with Crippen LogP contribution in [-0.2, 0) is 6.42 Å². The Morgan fingerprint density at radius 2 is 1.87 bits per heavy atom. The first-order chi connectivity index (χ1) is 14.9. The molecule has 1 aliphatic heterocycles. The fourth-order valence-corrected chi connectivity index (χ4v) is 4.62. The molecule has 3 rings (SSSR count). The largest absolute Gasteiger partial charge is 0.493 e. The Bertz CT molecular complexity index is 880. The molecule has 5 nitrogen and oxygen atoms in total. The number of ether oxygens (including phenoxy) is 2. The first-order valence-electron chi connectivity index (χ1n) is 10.6. The SMILES string of the molecule is COc1ccc(CCN(C(=S)Nc2c(C)cccc2Cl)C2CCN(C)CC2)cc1OC. The number of nitrogens with one attached hydrogen (secondary N) is 1. The molecule has 1 N–H and O–H groups in total. The fraction of sp³-hybridized carbons (Fsp3) is 0.458. The lowest BCUT2D eigenvalue weighted by molar-refractivity contribution is 0.178. The number of halogens is 1. The molecule has 0 radical (unpaired) electrons. The summed E-state index contributed by atoms with van der Waals surface area (Å²) < 4.78 is 10.8. The normalized spacial score (nSPS) is 14.9. The van der Waals surface area contributed by atoms with Gasteiger partial charge in [-0.1, -0.05) is 29.8 Å². The fourth-order valence-electron chi connectivity index (χ4n) is 4.01. The van der Waals surface area contributed by atoms with E-state index in [9.17, 15) is 0 Å². The first-order valence-corrected chi connectivity index (χ1v) is 11.4. The van der Waals surface area contributed by atoms with Gasteiger partial charge in [0, 0.05) is 12.6 Å². The highest BCUT2D eigenvalue weighted by atomic mass is 35.5. The Hall–Kier alpha value is -2.02. The maximum absolute atomic E-state index is 6.45. The van der Waals surface area contributed by atoms with Crippen molar-refractivity contribution in [1.29, 1.82) is 0 Å². The Kier molecular flexibility index (Phi) is 8.41. The van der Waals surface area contributed by atoms with Gasteiger partial charge in [-0.2, -0.15) is 0 Å². The Morgan fingerprint density at radius 1 is 1.16 bits per heavy atom. The minimum Gasteiger partial charge on any atom is -0.493 e. The van der Waals surface area contributed by atoms with Crippen LogP contribution in [0.5, 0.6) is 11.5 Å². The van der Waals surface area contributed by atoms with Crippen molar-refractivity contribution in [1.82, 2.24) is 9.80 Å². The molecule has 0 unspecified atom stereocenters. The zero-order chi connectivity index (χ0) is 22.4. The van der Waals surface area contributed by atoms with Gasteiger partial charge in [0.25, 0.3) is 0 Å². The van der Waals surface area contributed by atoms with Gasteiger partial charge in [0.2, 0.25) is 0 Å². The number of hydrogen-bond donors (Lipinski definition) is 1. The van der Waals surface area contributed by atoms with Crippen LogP contribution in [0.1, 0.15) is 24.0 Å². The van der Waals surface area contributed by atoms with Crippen LogP contribution in [0.25, 0.3) is 0 Å². The smallest absolute Gasteiger partial charge is 0.173 e. The predicted molar refractivity (Wildman–Crippen MR) is 133 cm³/mol. The number of para-hydroxylation sites is 1. The second-order valence-corrected chi connectivity index (χ2v) is 8.82. The zero-order valence-electron chi connectivity index (χ0n) is 18.8. The van der Waals surface area contributed by atoms with E-state index in [-0.39, 0.29) is 0 Å². The summed E-state index contributed by atoms with van der Waals surface area (Å²) in [5, 5.41) is 4.84. The third-order valence-corrected chi connectivity index (χ3v) is 6.58. The molecule has 2 aromatic rings. The summed E-state index contributed by atoms with van der Waals surface area (Å²) in [5.41, 5.74) is 3.16. The Morgan fingerprint density at radius 3 is 2.52 bits per heavy atom. The molecule has 0 spiro atoms. The first kappa shape index (κ1) is 23.6. The van der Waals surface area contributed by atoms with Gasteiger partial charge in [-0.3, -0.25) is 0 Å². The summed E-state index contributed by atoms with van der Waals surface area (Å²) in [6.45, 7) is 5.01. The van der Waals surface area contributed by atoms with Crippen LogP contribution in [0.3, 0.4) is 0 Å². The number of piperidine rings is 1. The number of anilines is 1. The Balaban J connectivity index is 1.77. The summed E-state index contributed by atoms with van der Waals surface area (Å²) in [7, 11) is 5.49. The van der Waals surface area contributed by atoms with Gasteiger partial charge < -0.3 is 24.6 Å². The Labute approximate surface area is 196 Å². The summed E-state index contributed by atoms with van der Waals surface area (Å²) in [6, 6.07) is 12.4. The van der Waals surface area contributed by atoms with Crippen LogP contribution in [0, 0.1) is 6.92 Å². The van der Waals surface area contributed by atoms with Crippen molar-refractivity contribution in [3.05, 3.63) is 52.5 Å².